The zero-order chi connectivity index (χ0) is 11.4. The lowest BCUT2D eigenvalue weighted by atomic mass is 9.99. The van der Waals surface area contributed by atoms with E-state index in [2.05, 4.69) is 6.58 Å². The highest BCUT2D eigenvalue weighted by Gasteiger charge is 2.12. The van der Waals surface area contributed by atoms with Gasteiger partial charge >= 0.3 is 5.97 Å². The van der Waals surface area contributed by atoms with E-state index in [0.29, 0.717) is 11.3 Å². The molecule has 0 atom stereocenters. The second-order valence-electron chi connectivity index (χ2n) is 3.17. The summed E-state index contributed by atoms with van der Waals surface area (Å²) in [6.07, 6.45) is 0.729. The number of carboxylic acids is 1. The molecule has 0 spiro atoms. The smallest absolute Gasteiger partial charge is 0.336 e. The molecule has 1 aromatic carbocycles. The Morgan fingerprint density at radius 2 is 2.13 bits per heavy atom. The SMILES string of the molecule is C=C(CC)c1ccc(OC)cc1C(=O)O. The van der Waals surface area contributed by atoms with Gasteiger partial charge in [-0.05, 0) is 29.7 Å². The first-order valence-corrected chi connectivity index (χ1v) is 4.69. The van der Waals surface area contributed by atoms with Gasteiger partial charge in [0, 0.05) is 0 Å². The molecule has 0 aliphatic rings. The molecule has 1 N–H and O–H groups in total. The second kappa shape index (κ2) is 4.64. The molecule has 0 saturated carbocycles. The minimum absolute atomic E-state index is 0.237. The summed E-state index contributed by atoms with van der Waals surface area (Å²) in [4.78, 5) is 11.0. The van der Waals surface area contributed by atoms with E-state index < -0.39 is 5.97 Å². The minimum atomic E-state index is -0.960. The number of hydrogen-bond donors (Lipinski definition) is 1. The van der Waals surface area contributed by atoms with E-state index in [-0.39, 0.29) is 5.56 Å². The summed E-state index contributed by atoms with van der Waals surface area (Å²) in [7, 11) is 1.51. The van der Waals surface area contributed by atoms with Crippen LogP contribution in [0.25, 0.3) is 5.57 Å². The topological polar surface area (TPSA) is 46.5 Å². The highest BCUT2D eigenvalue weighted by atomic mass is 16.5. The van der Waals surface area contributed by atoms with Crippen molar-refractivity contribution in [1.29, 1.82) is 0 Å². The van der Waals surface area contributed by atoms with E-state index in [4.69, 9.17) is 9.84 Å². The Hall–Kier alpha value is -1.77. The summed E-state index contributed by atoms with van der Waals surface area (Å²) in [5.74, 6) is -0.418. The maximum Gasteiger partial charge on any atom is 0.336 e. The molecule has 80 valence electrons. The first-order chi connectivity index (χ1) is 7.10. The number of carboxylic acid groups (broad SMARTS) is 1. The van der Waals surface area contributed by atoms with Crippen molar-refractivity contribution in [2.45, 2.75) is 13.3 Å². The van der Waals surface area contributed by atoms with Gasteiger partial charge in [-0.2, -0.15) is 0 Å². The van der Waals surface area contributed by atoms with E-state index in [9.17, 15) is 4.79 Å². The van der Waals surface area contributed by atoms with Crippen molar-refractivity contribution in [3.63, 3.8) is 0 Å². The third kappa shape index (κ3) is 2.37. The van der Waals surface area contributed by atoms with Crippen LogP contribution in [-0.2, 0) is 0 Å². The van der Waals surface area contributed by atoms with Crippen LogP contribution >= 0.6 is 0 Å². The molecular formula is C12H14O3. The van der Waals surface area contributed by atoms with Gasteiger partial charge in [0.15, 0.2) is 0 Å². The number of carbonyl (C=O) groups is 1. The fraction of sp³-hybridized carbons (Fsp3) is 0.250. The number of rotatable bonds is 4. The molecule has 0 aliphatic carbocycles. The maximum absolute atomic E-state index is 11.0. The maximum atomic E-state index is 11.0. The first kappa shape index (κ1) is 11.3. The van der Waals surface area contributed by atoms with Crippen LogP contribution < -0.4 is 4.74 Å². The average Bonchev–Trinajstić information content (AvgIpc) is 2.27. The lowest BCUT2D eigenvalue weighted by Crippen LogP contribution is -2.02. The van der Waals surface area contributed by atoms with Gasteiger partial charge in [0.05, 0.1) is 12.7 Å². The zero-order valence-corrected chi connectivity index (χ0v) is 8.91. The van der Waals surface area contributed by atoms with E-state index in [1.165, 1.54) is 13.2 Å². The normalized spacial score (nSPS) is 9.73. The number of benzene rings is 1. The van der Waals surface area contributed by atoms with Crippen LogP contribution in [0.15, 0.2) is 24.8 Å². The van der Waals surface area contributed by atoms with Crippen LogP contribution in [-0.4, -0.2) is 18.2 Å². The minimum Gasteiger partial charge on any atom is -0.497 e. The molecule has 3 heteroatoms. The largest absolute Gasteiger partial charge is 0.497 e. The molecule has 1 rings (SSSR count). The molecule has 1 aromatic rings. The van der Waals surface area contributed by atoms with Gasteiger partial charge in [0.2, 0.25) is 0 Å². The van der Waals surface area contributed by atoms with Gasteiger partial charge in [0.25, 0.3) is 0 Å². The Morgan fingerprint density at radius 3 is 2.60 bits per heavy atom. The summed E-state index contributed by atoms with van der Waals surface area (Å²) < 4.78 is 4.98. The molecule has 0 bridgehead atoms. The molecule has 0 radical (unpaired) electrons. The Morgan fingerprint density at radius 1 is 1.47 bits per heavy atom. The summed E-state index contributed by atoms with van der Waals surface area (Å²) in [5.41, 5.74) is 1.72. The van der Waals surface area contributed by atoms with Crippen molar-refractivity contribution in [2.75, 3.05) is 7.11 Å². The van der Waals surface area contributed by atoms with E-state index in [1.807, 2.05) is 6.92 Å². The third-order valence-electron chi connectivity index (χ3n) is 2.26. The number of methoxy groups -OCH3 is 1. The fourth-order valence-corrected chi connectivity index (χ4v) is 1.33. The predicted molar refractivity (Wildman–Crippen MR) is 59.3 cm³/mol. The summed E-state index contributed by atoms with van der Waals surface area (Å²) in [5, 5.41) is 9.03. The summed E-state index contributed by atoms with van der Waals surface area (Å²) >= 11 is 0. The summed E-state index contributed by atoms with van der Waals surface area (Å²) in [6, 6.07) is 4.98. The Kier molecular flexibility index (Phi) is 3.50. The van der Waals surface area contributed by atoms with Gasteiger partial charge in [-0.3, -0.25) is 0 Å². The van der Waals surface area contributed by atoms with Crippen molar-refractivity contribution in [3.05, 3.63) is 35.9 Å². The molecule has 0 fully saturated rings. The van der Waals surface area contributed by atoms with Crippen LogP contribution in [0.1, 0.15) is 29.3 Å². The van der Waals surface area contributed by atoms with Crippen LogP contribution in [0.3, 0.4) is 0 Å². The molecule has 0 heterocycles. The molecule has 0 aliphatic heterocycles. The first-order valence-electron chi connectivity index (χ1n) is 4.69. The Bertz CT molecular complexity index is 394. The van der Waals surface area contributed by atoms with Crippen LogP contribution in [0.4, 0.5) is 0 Å². The molecule has 0 unspecified atom stereocenters. The predicted octanol–water partition coefficient (Wildman–Crippen LogP) is 2.82. The summed E-state index contributed by atoms with van der Waals surface area (Å²) in [6.45, 7) is 5.78. The molecule has 0 amide bonds. The van der Waals surface area contributed by atoms with Crippen molar-refractivity contribution >= 4 is 11.5 Å². The second-order valence-corrected chi connectivity index (χ2v) is 3.17. The highest BCUT2D eigenvalue weighted by Crippen LogP contribution is 2.24. The van der Waals surface area contributed by atoms with Gasteiger partial charge in [-0.25, -0.2) is 4.79 Å². The third-order valence-corrected chi connectivity index (χ3v) is 2.26. The van der Waals surface area contributed by atoms with E-state index in [1.54, 1.807) is 12.1 Å². The Labute approximate surface area is 89.0 Å². The molecule has 3 nitrogen and oxygen atoms in total. The lowest BCUT2D eigenvalue weighted by molar-refractivity contribution is 0.0696. The highest BCUT2D eigenvalue weighted by molar-refractivity contribution is 5.94. The number of allylic oxidation sites excluding steroid dienone is 1. The van der Waals surface area contributed by atoms with E-state index >= 15 is 0 Å². The van der Waals surface area contributed by atoms with Gasteiger partial charge < -0.3 is 9.84 Å². The Balaban J connectivity index is 3.27. The van der Waals surface area contributed by atoms with Crippen LogP contribution in [0.2, 0.25) is 0 Å². The monoisotopic (exact) mass is 206 g/mol. The molecular weight excluding hydrogens is 192 g/mol. The van der Waals surface area contributed by atoms with Crippen LogP contribution in [0, 0.1) is 0 Å². The molecule has 0 saturated heterocycles. The number of aromatic carboxylic acids is 1. The van der Waals surface area contributed by atoms with Gasteiger partial charge in [0.1, 0.15) is 5.75 Å². The number of hydrogen-bond acceptors (Lipinski definition) is 2. The van der Waals surface area contributed by atoms with Gasteiger partial charge in [-0.1, -0.05) is 19.6 Å². The molecule has 15 heavy (non-hydrogen) atoms. The molecule has 0 aromatic heterocycles. The van der Waals surface area contributed by atoms with Gasteiger partial charge in [-0.15, -0.1) is 0 Å². The van der Waals surface area contributed by atoms with Crippen LogP contribution in [0.5, 0.6) is 5.75 Å². The van der Waals surface area contributed by atoms with Crippen molar-refractivity contribution in [2.24, 2.45) is 0 Å². The van der Waals surface area contributed by atoms with Crippen molar-refractivity contribution < 1.29 is 14.6 Å². The standard InChI is InChI=1S/C12H14O3/c1-4-8(2)10-6-5-9(15-3)7-11(10)12(13)14/h5-7H,2,4H2,1,3H3,(H,13,14). The number of ether oxygens (including phenoxy) is 1. The average molecular weight is 206 g/mol. The fourth-order valence-electron chi connectivity index (χ4n) is 1.33. The quantitative estimate of drug-likeness (QED) is 0.823. The van der Waals surface area contributed by atoms with Crippen molar-refractivity contribution in [1.82, 2.24) is 0 Å². The van der Waals surface area contributed by atoms with Crippen molar-refractivity contribution in [3.8, 4) is 5.75 Å². The lowest BCUT2D eigenvalue weighted by Gasteiger charge is -2.09. The zero-order valence-electron chi connectivity index (χ0n) is 8.91. The van der Waals surface area contributed by atoms with E-state index in [0.717, 1.165) is 12.0 Å².